The van der Waals surface area contributed by atoms with Gasteiger partial charge in [0.2, 0.25) is 0 Å². The summed E-state index contributed by atoms with van der Waals surface area (Å²) >= 11 is 0. The summed E-state index contributed by atoms with van der Waals surface area (Å²) in [5.74, 6) is -0.732. The zero-order valence-electron chi connectivity index (χ0n) is 12.9. The first-order chi connectivity index (χ1) is 11.0. The van der Waals surface area contributed by atoms with Crippen LogP contribution in [-0.4, -0.2) is 31.6 Å². The minimum absolute atomic E-state index is 0.347. The number of hydrogen-bond acceptors (Lipinski definition) is 4. The molecule has 8 heteroatoms. The van der Waals surface area contributed by atoms with E-state index in [4.69, 9.17) is 11.1 Å². The quantitative estimate of drug-likeness (QED) is 0.500. The lowest BCUT2D eigenvalue weighted by Crippen LogP contribution is -2.41. The average molecular weight is 311 g/mol. The maximum Gasteiger partial charge on any atom is 0.268 e. The van der Waals surface area contributed by atoms with Crippen LogP contribution in [0.3, 0.4) is 0 Å². The Morgan fingerprint density at radius 2 is 2.26 bits per heavy atom. The third-order valence-electron chi connectivity index (χ3n) is 3.71. The molecule has 0 aliphatic carbocycles. The Balaban J connectivity index is 2.08. The van der Waals surface area contributed by atoms with Gasteiger partial charge in [0.25, 0.3) is 5.91 Å². The van der Waals surface area contributed by atoms with E-state index in [1.54, 1.807) is 24.5 Å². The number of nitrogens with one attached hydrogen (secondary N) is 2. The van der Waals surface area contributed by atoms with Crippen LogP contribution in [0.15, 0.2) is 30.7 Å². The van der Waals surface area contributed by atoms with Crippen molar-refractivity contribution in [2.24, 2.45) is 12.8 Å². The molecule has 3 rings (SSSR count). The first-order valence-electron chi connectivity index (χ1n) is 7.14. The summed E-state index contributed by atoms with van der Waals surface area (Å²) in [7, 11) is 1.87. The number of aromatic nitrogens is 4. The number of guanidine groups is 1. The van der Waals surface area contributed by atoms with Crippen LogP contribution in [0.2, 0.25) is 0 Å². The van der Waals surface area contributed by atoms with Gasteiger partial charge in [0, 0.05) is 12.7 Å². The summed E-state index contributed by atoms with van der Waals surface area (Å²) in [5, 5.41) is 14.5. The van der Waals surface area contributed by atoms with Crippen LogP contribution >= 0.6 is 0 Å². The molecule has 0 aliphatic rings. The maximum absolute atomic E-state index is 12.8. The van der Waals surface area contributed by atoms with Gasteiger partial charge in [0.05, 0.1) is 34.8 Å². The number of aryl methyl sites for hydroxylation is 2. The van der Waals surface area contributed by atoms with Crippen molar-refractivity contribution in [2.45, 2.75) is 13.3 Å². The smallest absolute Gasteiger partial charge is 0.268 e. The normalized spacial score (nSPS) is 10.9. The number of nitrogens with two attached hydrogens (primary N) is 1. The Labute approximate surface area is 132 Å². The van der Waals surface area contributed by atoms with Gasteiger partial charge in [0.1, 0.15) is 0 Å². The van der Waals surface area contributed by atoms with Gasteiger partial charge in [-0.15, -0.1) is 0 Å². The minimum atomic E-state index is -0.385. The largest absolute Gasteiger partial charge is 0.369 e. The van der Waals surface area contributed by atoms with E-state index in [-0.39, 0.29) is 11.9 Å². The number of nitrogens with zero attached hydrogens (tertiary/aromatic N) is 4. The molecule has 0 saturated heterocycles. The molecule has 2 heterocycles. The summed E-state index contributed by atoms with van der Waals surface area (Å²) in [4.78, 5) is 18.2. The highest BCUT2D eigenvalue weighted by Gasteiger charge is 2.24. The fourth-order valence-corrected chi connectivity index (χ4v) is 2.51. The van der Waals surface area contributed by atoms with Crippen LogP contribution in [0.1, 0.15) is 23.0 Å². The predicted octanol–water partition coefficient (Wildman–Crippen LogP) is 1.40. The summed E-state index contributed by atoms with van der Waals surface area (Å²) in [6, 6.07) is 5.30. The average Bonchev–Trinajstić information content (AvgIpc) is 3.14. The molecule has 0 saturated carbocycles. The number of carbonyl (C=O) groups excluding carboxylic acids is 1. The Morgan fingerprint density at radius 1 is 1.48 bits per heavy atom. The summed E-state index contributed by atoms with van der Waals surface area (Å²) < 4.78 is 1.84. The molecule has 8 nitrogen and oxygen atoms in total. The number of rotatable bonds is 3. The number of benzene rings is 1. The van der Waals surface area contributed by atoms with Crippen molar-refractivity contribution in [1.82, 2.24) is 19.7 Å². The molecule has 3 aromatic rings. The molecule has 0 bridgehead atoms. The lowest BCUT2D eigenvalue weighted by molar-refractivity contribution is 0.100. The fraction of sp³-hybridized carbons (Fsp3) is 0.200. The molecular weight excluding hydrogens is 294 g/mol. The van der Waals surface area contributed by atoms with Crippen LogP contribution in [0.5, 0.6) is 0 Å². The van der Waals surface area contributed by atoms with E-state index in [0.717, 1.165) is 15.9 Å². The molecule has 4 N–H and O–H groups in total. The molecule has 0 aliphatic heterocycles. The topological polar surface area (TPSA) is 117 Å². The maximum atomic E-state index is 12.8. The first-order valence-corrected chi connectivity index (χ1v) is 7.14. The monoisotopic (exact) mass is 311 g/mol. The van der Waals surface area contributed by atoms with Gasteiger partial charge in [-0.1, -0.05) is 6.92 Å². The Hall–Kier alpha value is -3.16. The van der Waals surface area contributed by atoms with Gasteiger partial charge < -0.3 is 10.3 Å². The van der Waals surface area contributed by atoms with Crippen LogP contribution in [0, 0.1) is 5.41 Å². The van der Waals surface area contributed by atoms with E-state index in [9.17, 15) is 4.79 Å². The summed E-state index contributed by atoms with van der Waals surface area (Å²) in [6.45, 7) is 1.92. The standard InChI is InChI=1S/C15H17N7O/c1-3-11-10(7-19-20-11)14(23)22(15(16)17)9-4-5-12-13(6-9)21(2)8-18-12/h4-8H,3H2,1-2H3,(H3,16,17)(H,19,20). The van der Waals surface area contributed by atoms with Crippen molar-refractivity contribution < 1.29 is 4.79 Å². The molecule has 0 spiro atoms. The van der Waals surface area contributed by atoms with E-state index >= 15 is 0 Å². The molecule has 0 radical (unpaired) electrons. The van der Waals surface area contributed by atoms with Crippen molar-refractivity contribution in [2.75, 3.05) is 4.90 Å². The van der Waals surface area contributed by atoms with Gasteiger partial charge >= 0.3 is 0 Å². The number of fused-ring (bicyclic) bond motifs is 1. The second-order valence-corrected chi connectivity index (χ2v) is 5.17. The number of H-pyrrole nitrogens is 1. The van der Waals surface area contributed by atoms with Gasteiger partial charge in [-0.2, -0.15) is 5.10 Å². The predicted molar refractivity (Wildman–Crippen MR) is 87.4 cm³/mol. The Bertz CT molecular complexity index is 892. The minimum Gasteiger partial charge on any atom is -0.369 e. The van der Waals surface area contributed by atoms with Crippen LogP contribution < -0.4 is 10.6 Å². The molecule has 23 heavy (non-hydrogen) atoms. The van der Waals surface area contributed by atoms with E-state index in [2.05, 4.69) is 15.2 Å². The molecule has 0 atom stereocenters. The summed E-state index contributed by atoms with van der Waals surface area (Å²) in [5.41, 5.74) is 8.96. The summed E-state index contributed by atoms with van der Waals surface area (Å²) in [6.07, 6.45) is 3.78. The van der Waals surface area contributed by atoms with Gasteiger partial charge in [-0.05, 0) is 24.6 Å². The van der Waals surface area contributed by atoms with Crippen LogP contribution in [0.25, 0.3) is 11.0 Å². The molecule has 0 fully saturated rings. The molecule has 2 aromatic heterocycles. The zero-order valence-corrected chi connectivity index (χ0v) is 12.9. The molecular formula is C15H17N7O. The number of imidazole rings is 1. The molecule has 1 amide bonds. The molecule has 118 valence electrons. The molecule has 0 unspecified atom stereocenters. The van der Waals surface area contributed by atoms with Gasteiger partial charge in [0.15, 0.2) is 5.96 Å². The Morgan fingerprint density at radius 3 is 2.96 bits per heavy atom. The van der Waals surface area contributed by atoms with Crippen molar-refractivity contribution in [3.8, 4) is 0 Å². The number of amides is 1. The molecule has 1 aromatic carbocycles. The number of anilines is 1. The van der Waals surface area contributed by atoms with Crippen LogP contribution in [-0.2, 0) is 13.5 Å². The van der Waals surface area contributed by atoms with Crippen molar-refractivity contribution >= 4 is 28.6 Å². The van der Waals surface area contributed by atoms with Crippen LogP contribution in [0.4, 0.5) is 5.69 Å². The van der Waals surface area contributed by atoms with E-state index in [0.29, 0.717) is 23.4 Å². The second-order valence-electron chi connectivity index (χ2n) is 5.17. The van der Waals surface area contributed by atoms with E-state index in [1.165, 1.54) is 6.20 Å². The second kappa shape index (κ2) is 5.56. The highest BCUT2D eigenvalue weighted by Crippen LogP contribution is 2.23. The van der Waals surface area contributed by atoms with Crippen molar-refractivity contribution in [1.29, 1.82) is 5.41 Å². The SMILES string of the molecule is CCc1[nH]ncc1C(=O)N(C(=N)N)c1ccc2ncn(C)c2c1. The Kier molecular flexibility index (Phi) is 3.57. The number of hydrogen-bond donors (Lipinski definition) is 3. The van der Waals surface area contributed by atoms with E-state index in [1.807, 2.05) is 18.5 Å². The highest BCUT2D eigenvalue weighted by atomic mass is 16.2. The lowest BCUT2D eigenvalue weighted by atomic mass is 10.1. The zero-order chi connectivity index (χ0) is 16.6. The van der Waals surface area contributed by atoms with Crippen molar-refractivity contribution in [3.05, 3.63) is 42.0 Å². The van der Waals surface area contributed by atoms with Gasteiger partial charge in [-0.25, -0.2) is 9.88 Å². The van der Waals surface area contributed by atoms with E-state index < -0.39 is 0 Å². The highest BCUT2D eigenvalue weighted by molar-refractivity contribution is 6.21. The number of carbonyl (C=O) groups is 1. The lowest BCUT2D eigenvalue weighted by Gasteiger charge is -2.20. The third kappa shape index (κ3) is 2.44. The van der Waals surface area contributed by atoms with Gasteiger partial charge in [-0.3, -0.25) is 15.3 Å². The third-order valence-corrected chi connectivity index (χ3v) is 3.71. The van der Waals surface area contributed by atoms with Crippen molar-refractivity contribution in [3.63, 3.8) is 0 Å². The first kappa shape index (κ1) is 14.8. The fourth-order valence-electron chi connectivity index (χ4n) is 2.51. The number of aromatic amines is 1.